The molecule has 5 nitrogen and oxygen atoms in total. The van der Waals surface area contributed by atoms with Crippen molar-refractivity contribution in [2.24, 2.45) is 0 Å². The fraction of sp³-hybridized carbons (Fsp3) is 0.941. The molecular weight excluding hydrogens is 278 g/mol. The highest BCUT2D eigenvalue weighted by Gasteiger charge is 2.31. The number of piperidine rings is 2. The summed E-state index contributed by atoms with van der Waals surface area (Å²) in [6.07, 6.45) is 7.81. The highest BCUT2D eigenvalue weighted by atomic mass is 16.3. The summed E-state index contributed by atoms with van der Waals surface area (Å²) in [7, 11) is 0. The van der Waals surface area contributed by atoms with E-state index in [2.05, 4.69) is 24.1 Å². The van der Waals surface area contributed by atoms with E-state index in [1.54, 1.807) is 0 Å². The third-order valence-corrected chi connectivity index (χ3v) is 5.23. The Hall–Kier alpha value is -0.810. The monoisotopic (exact) mass is 311 g/mol. The molecule has 5 heteroatoms. The molecule has 128 valence electrons. The van der Waals surface area contributed by atoms with Gasteiger partial charge in [0.15, 0.2) is 0 Å². The highest BCUT2D eigenvalue weighted by molar-refractivity contribution is 5.74. The summed E-state index contributed by atoms with van der Waals surface area (Å²) >= 11 is 0. The van der Waals surface area contributed by atoms with Crippen LogP contribution in [0, 0.1) is 0 Å². The lowest BCUT2D eigenvalue weighted by molar-refractivity contribution is 0.0891. The molecule has 0 spiro atoms. The topological polar surface area (TPSA) is 55.8 Å². The van der Waals surface area contributed by atoms with Gasteiger partial charge in [-0.05, 0) is 65.5 Å². The lowest BCUT2D eigenvalue weighted by atomic mass is 9.98. The zero-order valence-corrected chi connectivity index (χ0v) is 14.3. The van der Waals surface area contributed by atoms with Crippen molar-refractivity contribution in [3.8, 4) is 0 Å². The fourth-order valence-electron chi connectivity index (χ4n) is 3.72. The first-order valence-corrected chi connectivity index (χ1v) is 8.95. The molecule has 2 amide bonds. The Labute approximate surface area is 135 Å². The lowest BCUT2D eigenvalue weighted by Gasteiger charge is -2.42. The molecule has 22 heavy (non-hydrogen) atoms. The maximum absolute atomic E-state index is 12.5. The Balaban J connectivity index is 1.84. The van der Waals surface area contributed by atoms with Gasteiger partial charge in [-0.1, -0.05) is 6.42 Å². The summed E-state index contributed by atoms with van der Waals surface area (Å²) in [6.45, 7) is 8.39. The average Bonchev–Trinajstić information content (AvgIpc) is 2.54. The van der Waals surface area contributed by atoms with Crippen molar-refractivity contribution >= 4 is 6.03 Å². The number of hydrogen-bond acceptors (Lipinski definition) is 3. The highest BCUT2D eigenvalue weighted by Crippen LogP contribution is 2.21. The molecule has 2 aliphatic heterocycles. The van der Waals surface area contributed by atoms with Gasteiger partial charge in [-0.3, -0.25) is 4.90 Å². The quantitative estimate of drug-likeness (QED) is 0.818. The largest absolute Gasteiger partial charge is 0.396 e. The standard InChI is InChI=1S/C17H33N3O2/c1-17(2,19-10-5-3-6-11-19)14-18-16(22)20-12-7-4-8-15(20)9-13-21/h15,21H,3-14H2,1-2H3,(H,18,22). The zero-order valence-electron chi connectivity index (χ0n) is 14.3. The molecule has 2 aliphatic rings. The minimum atomic E-state index is 0.0122. The van der Waals surface area contributed by atoms with E-state index < -0.39 is 0 Å². The third-order valence-electron chi connectivity index (χ3n) is 5.23. The molecule has 2 fully saturated rings. The maximum atomic E-state index is 12.5. The van der Waals surface area contributed by atoms with Gasteiger partial charge < -0.3 is 15.3 Å². The number of urea groups is 1. The molecule has 2 heterocycles. The van der Waals surface area contributed by atoms with Crippen LogP contribution >= 0.6 is 0 Å². The maximum Gasteiger partial charge on any atom is 0.317 e. The number of amides is 2. The number of aliphatic hydroxyl groups excluding tert-OH is 1. The predicted octanol–water partition coefficient (Wildman–Crippen LogP) is 2.20. The van der Waals surface area contributed by atoms with Gasteiger partial charge in [-0.15, -0.1) is 0 Å². The van der Waals surface area contributed by atoms with Crippen LogP contribution < -0.4 is 5.32 Å². The molecule has 2 N–H and O–H groups in total. The van der Waals surface area contributed by atoms with E-state index in [0.717, 1.165) is 38.9 Å². The molecule has 0 aromatic heterocycles. The Morgan fingerprint density at radius 2 is 1.82 bits per heavy atom. The molecule has 0 aromatic carbocycles. The van der Waals surface area contributed by atoms with Crippen LogP contribution in [-0.2, 0) is 0 Å². The van der Waals surface area contributed by atoms with Gasteiger partial charge in [-0.2, -0.15) is 0 Å². The van der Waals surface area contributed by atoms with Crippen LogP contribution in [0.15, 0.2) is 0 Å². The van der Waals surface area contributed by atoms with Gasteiger partial charge in [0.25, 0.3) is 0 Å². The van der Waals surface area contributed by atoms with E-state index >= 15 is 0 Å². The number of nitrogens with one attached hydrogen (secondary N) is 1. The SMILES string of the molecule is CC(C)(CNC(=O)N1CCCCC1CCO)N1CCCCC1. The summed E-state index contributed by atoms with van der Waals surface area (Å²) in [5.41, 5.74) is 0.0122. The second-order valence-electron chi connectivity index (χ2n) is 7.37. The lowest BCUT2D eigenvalue weighted by Crippen LogP contribution is -2.56. The van der Waals surface area contributed by atoms with Crippen LogP contribution in [0.2, 0.25) is 0 Å². The number of carbonyl (C=O) groups excluding carboxylic acids is 1. The van der Waals surface area contributed by atoms with E-state index in [-0.39, 0.29) is 24.2 Å². The zero-order chi connectivity index (χ0) is 16.0. The summed E-state index contributed by atoms with van der Waals surface area (Å²) in [5, 5.41) is 12.3. The number of aliphatic hydroxyl groups is 1. The number of likely N-dealkylation sites (tertiary alicyclic amines) is 2. The van der Waals surface area contributed by atoms with Crippen LogP contribution in [0.1, 0.15) is 58.8 Å². The molecule has 2 saturated heterocycles. The van der Waals surface area contributed by atoms with Gasteiger partial charge in [0, 0.05) is 31.3 Å². The summed E-state index contributed by atoms with van der Waals surface area (Å²) < 4.78 is 0. The van der Waals surface area contributed by atoms with Crippen molar-refractivity contribution in [1.82, 2.24) is 15.1 Å². The molecule has 0 aliphatic carbocycles. The first kappa shape index (κ1) is 17.5. The van der Waals surface area contributed by atoms with Gasteiger partial charge in [-0.25, -0.2) is 4.79 Å². The smallest absolute Gasteiger partial charge is 0.317 e. The van der Waals surface area contributed by atoms with Gasteiger partial charge in [0.05, 0.1) is 0 Å². The van der Waals surface area contributed by atoms with Crippen molar-refractivity contribution in [2.45, 2.75) is 70.4 Å². The van der Waals surface area contributed by atoms with Crippen molar-refractivity contribution in [3.63, 3.8) is 0 Å². The molecule has 0 aromatic rings. The van der Waals surface area contributed by atoms with Crippen molar-refractivity contribution in [2.75, 3.05) is 32.8 Å². The third kappa shape index (κ3) is 4.59. The summed E-state index contributed by atoms with van der Waals surface area (Å²) in [4.78, 5) is 17.0. The van der Waals surface area contributed by atoms with Crippen LogP contribution in [0.3, 0.4) is 0 Å². The van der Waals surface area contributed by atoms with Crippen molar-refractivity contribution in [3.05, 3.63) is 0 Å². The first-order chi connectivity index (χ1) is 10.5. The molecule has 1 unspecified atom stereocenters. The average molecular weight is 311 g/mol. The summed E-state index contributed by atoms with van der Waals surface area (Å²) in [6, 6.07) is 0.250. The molecule has 0 saturated carbocycles. The molecule has 2 rings (SSSR count). The van der Waals surface area contributed by atoms with Crippen LogP contribution in [-0.4, -0.2) is 65.3 Å². The predicted molar refractivity (Wildman–Crippen MR) is 88.9 cm³/mol. The van der Waals surface area contributed by atoms with Gasteiger partial charge >= 0.3 is 6.03 Å². The normalized spacial score (nSPS) is 24.3. The second kappa shape index (κ2) is 8.16. The number of rotatable bonds is 5. The minimum Gasteiger partial charge on any atom is -0.396 e. The molecule has 0 bridgehead atoms. The summed E-state index contributed by atoms with van der Waals surface area (Å²) in [5.74, 6) is 0. The van der Waals surface area contributed by atoms with E-state index in [0.29, 0.717) is 13.0 Å². The van der Waals surface area contributed by atoms with Crippen molar-refractivity contribution < 1.29 is 9.90 Å². The first-order valence-electron chi connectivity index (χ1n) is 8.95. The van der Waals surface area contributed by atoms with E-state index in [4.69, 9.17) is 0 Å². The van der Waals surface area contributed by atoms with E-state index in [1.807, 2.05) is 4.90 Å². The van der Waals surface area contributed by atoms with E-state index in [1.165, 1.54) is 19.3 Å². The Morgan fingerprint density at radius 3 is 2.50 bits per heavy atom. The minimum absolute atomic E-state index is 0.0122. The molecular formula is C17H33N3O2. The Kier molecular flexibility index (Phi) is 6.50. The van der Waals surface area contributed by atoms with Gasteiger partial charge in [0.1, 0.15) is 0 Å². The number of carbonyl (C=O) groups is 1. The Bertz CT molecular complexity index is 352. The van der Waals surface area contributed by atoms with Crippen molar-refractivity contribution in [1.29, 1.82) is 0 Å². The fourth-order valence-corrected chi connectivity index (χ4v) is 3.72. The molecule has 0 radical (unpaired) electrons. The van der Waals surface area contributed by atoms with Crippen LogP contribution in [0.25, 0.3) is 0 Å². The number of hydrogen-bond donors (Lipinski definition) is 2. The molecule has 1 atom stereocenters. The van der Waals surface area contributed by atoms with Crippen LogP contribution in [0.5, 0.6) is 0 Å². The van der Waals surface area contributed by atoms with Crippen LogP contribution in [0.4, 0.5) is 4.79 Å². The van der Waals surface area contributed by atoms with Gasteiger partial charge in [0.2, 0.25) is 0 Å². The number of nitrogens with zero attached hydrogens (tertiary/aromatic N) is 2. The van der Waals surface area contributed by atoms with E-state index in [9.17, 15) is 9.90 Å². The Morgan fingerprint density at radius 1 is 1.14 bits per heavy atom. The second-order valence-corrected chi connectivity index (χ2v) is 7.37.